The summed E-state index contributed by atoms with van der Waals surface area (Å²) in [4.78, 5) is 8.80. The molecule has 1 aromatic carbocycles. The van der Waals surface area contributed by atoms with E-state index < -0.39 is 10.0 Å². The van der Waals surface area contributed by atoms with Gasteiger partial charge in [0, 0.05) is 36.6 Å². The molecule has 2 aromatic heterocycles. The molecule has 1 aliphatic rings. The van der Waals surface area contributed by atoms with Crippen LogP contribution in [0.2, 0.25) is 0 Å². The summed E-state index contributed by atoms with van der Waals surface area (Å²) in [5.41, 5.74) is 1.55. The molecule has 3 aromatic rings. The van der Waals surface area contributed by atoms with Crippen molar-refractivity contribution in [2.45, 2.75) is 28.5 Å². The van der Waals surface area contributed by atoms with Crippen LogP contribution >= 0.6 is 11.8 Å². The summed E-state index contributed by atoms with van der Waals surface area (Å²) in [7, 11) is -3.45. The molecule has 1 aliphatic heterocycles. The number of rotatable bonds is 5. The molecular formula is C19H18FN3O2S2. The SMILES string of the molecule is O=S(=O)(c1ccc(SCc2ccc(F)c3cccnc23)nc1)N1CCCC1. The van der Waals surface area contributed by atoms with E-state index in [-0.39, 0.29) is 10.7 Å². The molecule has 0 bridgehead atoms. The van der Waals surface area contributed by atoms with E-state index in [1.807, 2.05) is 0 Å². The summed E-state index contributed by atoms with van der Waals surface area (Å²) >= 11 is 1.46. The number of nitrogens with zero attached hydrogens (tertiary/aromatic N) is 3. The molecule has 8 heteroatoms. The predicted molar refractivity (Wildman–Crippen MR) is 103 cm³/mol. The van der Waals surface area contributed by atoms with Gasteiger partial charge in [-0.05, 0) is 48.7 Å². The first-order chi connectivity index (χ1) is 13.1. The molecule has 1 saturated heterocycles. The molecule has 0 atom stereocenters. The average Bonchev–Trinajstić information content (AvgIpc) is 3.24. The zero-order chi connectivity index (χ0) is 18.9. The van der Waals surface area contributed by atoms with E-state index in [4.69, 9.17) is 0 Å². The van der Waals surface area contributed by atoms with Crippen LogP contribution in [0.3, 0.4) is 0 Å². The standard InChI is InChI=1S/C19H18FN3O2S2/c20-17-7-5-14(19-16(17)4-3-9-21-19)13-26-18-8-6-15(12-22-18)27(24,25)23-10-1-2-11-23/h3-9,12H,1-2,10-11,13H2. The molecule has 0 radical (unpaired) electrons. The van der Waals surface area contributed by atoms with E-state index in [0.717, 1.165) is 18.4 Å². The Hall–Kier alpha value is -2.03. The summed E-state index contributed by atoms with van der Waals surface area (Å²) in [6, 6.07) is 9.91. The third-order valence-corrected chi connectivity index (χ3v) is 7.46. The van der Waals surface area contributed by atoms with Crippen LogP contribution in [0.4, 0.5) is 4.39 Å². The fourth-order valence-corrected chi connectivity index (χ4v) is 5.44. The summed E-state index contributed by atoms with van der Waals surface area (Å²) < 4.78 is 40.5. The Morgan fingerprint density at radius 1 is 1.07 bits per heavy atom. The molecular weight excluding hydrogens is 385 g/mol. The summed E-state index contributed by atoms with van der Waals surface area (Å²) in [5, 5.41) is 1.21. The molecule has 140 valence electrons. The van der Waals surface area contributed by atoms with Crippen LogP contribution in [-0.2, 0) is 15.8 Å². The monoisotopic (exact) mass is 403 g/mol. The van der Waals surface area contributed by atoms with Gasteiger partial charge in [-0.25, -0.2) is 17.8 Å². The van der Waals surface area contributed by atoms with E-state index in [0.29, 0.717) is 34.8 Å². The first-order valence-electron chi connectivity index (χ1n) is 8.67. The maximum Gasteiger partial charge on any atom is 0.244 e. The molecule has 5 nitrogen and oxygen atoms in total. The molecule has 0 unspecified atom stereocenters. The van der Waals surface area contributed by atoms with Gasteiger partial charge in [0.05, 0.1) is 10.5 Å². The number of hydrogen-bond acceptors (Lipinski definition) is 5. The highest BCUT2D eigenvalue weighted by Gasteiger charge is 2.27. The highest BCUT2D eigenvalue weighted by atomic mass is 32.2. The van der Waals surface area contributed by atoms with Crippen molar-refractivity contribution < 1.29 is 12.8 Å². The largest absolute Gasteiger partial charge is 0.256 e. The quantitative estimate of drug-likeness (QED) is 0.606. The minimum atomic E-state index is -3.45. The number of pyridine rings is 2. The van der Waals surface area contributed by atoms with Crippen molar-refractivity contribution in [1.82, 2.24) is 14.3 Å². The minimum absolute atomic E-state index is 0.225. The summed E-state index contributed by atoms with van der Waals surface area (Å²) in [6.07, 6.45) is 4.86. The highest BCUT2D eigenvalue weighted by molar-refractivity contribution is 7.98. The Balaban J connectivity index is 1.51. The van der Waals surface area contributed by atoms with Gasteiger partial charge in [0.1, 0.15) is 10.7 Å². The first kappa shape index (κ1) is 18.3. The van der Waals surface area contributed by atoms with Crippen molar-refractivity contribution in [2.24, 2.45) is 0 Å². The third-order valence-electron chi connectivity index (χ3n) is 4.59. The third kappa shape index (κ3) is 3.69. The van der Waals surface area contributed by atoms with Gasteiger partial charge in [-0.15, -0.1) is 11.8 Å². The van der Waals surface area contributed by atoms with Crippen LogP contribution in [0.5, 0.6) is 0 Å². The number of sulfonamides is 1. The Bertz CT molecular complexity index is 1070. The van der Waals surface area contributed by atoms with Gasteiger partial charge >= 0.3 is 0 Å². The molecule has 4 rings (SSSR count). The number of benzene rings is 1. The minimum Gasteiger partial charge on any atom is -0.256 e. The maximum absolute atomic E-state index is 13.9. The molecule has 0 spiro atoms. The van der Waals surface area contributed by atoms with Gasteiger partial charge in [0.2, 0.25) is 10.0 Å². The number of thioether (sulfide) groups is 1. The van der Waals surface area contributed by atoms with Gasteiger partial charge in [-0.3, -0.25) is 4.98 Å². The second-order valence-corrected chi connectivity index (χ2v) is 9.27. The lowest BCUT2D eigenvalue weighted by Crippen LogP contribution is -2.27. The lowest BCUT2D eigenvalue weighted by atomic mass is 10.1. The predicted octanol–water partition coefficient (Wildman–Crippen LogP) is 3.85. The van der Waals surface area contributed by atoms with E-state index in [2.05, 4.69) is 9.97 Å². The molecule has 3 heterocycles. The van der Waals surface area contributed by atoms with Gasteiger partial charge in [0.15, 0.2) is 0 Å². The van der Waals surface area contributed by atoms with Crippen LogP contribution in [0.25, 0.3) is 10.9 Å². The zero-order valence-electron chi connectivity index (χ0n) is 14.5. The number of aromatic nitrogens is 2. The lowest BCUT2D eigenvalue weighted by molar-refractivity contribution is 0.477. The van der Waals surface area contributed by atoms with Crippen LogP contribution in [0.15, 0.2) is 58.7 Å². The average molecular weight is 404 g/mol. The second kappa shape index (κ2) is 7.53. The fourth-order valence-electron chi connectivity index (χ4n) is 3.15. The van der Waals surface area contributed by atoms with Gasteiger partial charge in [-0.1, -0.05) is 6.07 Å². The number of halogens is 1. The van der Waals surface area contributed by atoms with Crippen molar-refractivity contribution in [1.29, 1.82) is 0 Å². The Morgan fingerprint density at radius 2 is 1.89 bits per heavy atom. The van der Waals surface area contributed by atoms with E-state index in [1.165, 1.54) is 28.3 Å². The maximum atomic E-state index is 13.9. The zero-order valence-corrected chi connectivity index (χ0v) is 16.1. The normalized spacial score (nSPS) is 15.4. The van der Waals surface area contributed by atoms with Crippen LogP contribution in [0.1, 0.15) is 18.4 Å². The van der Waals surface area contributed by atoms with E-state index in [1.54, 1.807) is 36.5 Å². The summed E-state index contributed by atoms with van der Waals surface area (Å²) in [5.74, 6) is 0.278. The molecule has 1 fully saturated rings. The van der Waals surface area contributed by atoms with Crippen LogP contribution in [0, 0.1) is 5.82 Å². The van der Waals surface area contributed by atoms with Gasteiger partial charge in [-0.2, -0.15) is 4.31 Å². The van der Waals surface area contributed by atoms with E-state index in [9.17, 15) is 12.8 Å². The first-order valence-corrected chi connectivity index (χ1v) is 11.1. The topological polar surface area (TPSA) is 63.2 Å². The Labute approximate surface area is 161 Å². The molecule has 0 saturated carbocycles. The van der Waals surface area contributed by atoms with Crippen LogP contribution in [-0.4, -0.2) is 35.8 Å². The highest BCUT2D eigenvalue weighted by Crippen LogP contribution is 2.28. The van der Waals surface area contributed by atoms with E-state index >= 15 is 0 Å². The van der Waals surface area contributed by atoms with Gasteiger partial charge < -0.3 is 0 Å². The van der Waals surface area contributed by atoms with Crippen molar-refractivity contribution in [3.8, 4) is 0 Å². The molecule has 0 amide bonds. The molecule has 0 N–H and O–H groups in total. The number of fused-ring (bicyclic) bond motifs is 1. The van der Waals surface area contributed by atoms with Crippen molar-refractivity contribution in [3.63, 3.8) is 0 Å². The van der Waals surface area contributed by atoms with Crippen molar-refractivity contribution >= 4 is 32.7 Å². The van der Waals surface area contributed by atoms with Crippen molar-refractivity contribution in [3.05, 3.63) is 60.2 Å². The fraction of sp³-hybridized carbons (Fsp3) is 0.263. The molecule has 27 heavy (non-hydrogen) atoms. The van der Waals surface area contributed by atoms with Crippen LogP contribution < -0.4 is 0 Å². The van der Waals surface area contributed by atoms with Crippen molar-refractivity contribution in [2.75, 3.05) is 13.1 Å². The summed E-state index contributed by atoms with van der Waals surface area (Å²) in [6.45, 7) is 1.15. The number of hydrogen-bond donors (Lipinski definition) is 0. The Morgan fingerprint density at radius 3 is 2.63 bits per heavy atom. The Kier molecular flexibility index (Phi) is 5.12. The second-order valence-electron chi connectivity index (χ2n) is 6.34. The van der Waals surface area contributed by atoms with Gasteiger partial charge in [0.25, 0.3) is 0 Å². The lowest BCUT2D eigenvalue weighted by Gasteiger charge is -2.15. The molecule has 0 aliphatic carbocycles. The smallest absolute Gasteiger partial charge is 0.244 e.